The Morgan fingerprint density at radius 2 is 1.88 bits per heavy atom. The van der Waals surface area contributed by atoms with Gasteiger partial charge in [0.05, 0.1) is 0 Å². The summed E-state index contributed by atoms with van der Waals surface area (Å²) in [6.07, 6.45) is 0.118. The van der Waals surface area contributed by atoms with Crippen LogP contribution in [0.2, 0.25) is 0 Å². The number of hydrogen-bond donors (Lipinski definition) is 1. The molecule has 0 amide bonds. The minimum atomic E-state index is -2.21. The number of rotatable bonds is 2. The van der Waals surface area contributed by atoms with Gasteiger partial charge in [-0.25, -0.2) is 0 Å². The van der Waals surface area contributed by atoms with E-state index < -0.39 is 6.99 Å². The van der Waals surface area contributed by atoms with Crippen LogP contribution in [0.5, 0.6) is 0 Å². The Hall–Kier alpha value is -0.120. The van der Waals surface area contributed by atoms with Crippen LogP contribution < -0.4 is 0 Å². The number of benzene rings is 1. The maximum atomic E-state index is 6.28. The molecule has 0 spiro atoms. The normalized spacial score (nSPS) is 30.7. The van der Waals surface area contributed by atoms with Gasteiger partial charge in [-0.1, -0.05) is 0 Å². The van der Waals surface area contributed by atoms with Gasteiger partial charge in [-0.2, -0.15) is 0 Å². The first kappa shape index (κ1) is 13.3. The summed E-state index contributed by atoms with van der Waals surface area (Å²) in [5.41, 5.74) is 1.23. The summed E-state index contributed by atoms with van der Waals surface area (Å²) in [4.78, 5) is 0. The molecule has 1 heterocycles. The monoisotopic (exact) mass is 272 g/mol. The third-order valence-electron chi connectivity index (χ3n) is 3.50. The second-order valence-corrected chi connectivity index (χ2v) is 9.50. The molecule has 3 nitrogen and oxygen atoms in total. The predicted molar refractivity (Wildman–Crippen MR) is 78.5 cm³/mol. The van der Waals surface area contributed by atoms with E-state index in [-0.39, 0.29) is 6.10 Å². The molecule has 0 radical (unpaired) electrons. The van der Waals surface area contributed by atoms with E-state index in [4.69, 9.17) is 16.8 Å². The number of likely N-dealkylation sites (N-methyl/N-ethyl adjacent to an activating group) is 1. The van der Waals surface area contributed by atoms with Gasteiger partial charge in [-0.15, -0.1) is 0 Å². The van der Waals surface area contributed by atoms with E-state index in [0.29, 0.717) is 6.04 Å². The predicted octanol–water partition coefficient (Wildman–Crippen LogP) is 2.98. The molecule has 0 bridgehead atoms. The third-order valence-corrected chi connectivity index (χ3v) is 9.03. The fourth-order valence-corrected chi connectivity index (χ4v) is 5.47. The zero-order valence-corrected chi connectivity index (χ0v) is 12.7. The van der Waals surface area contributed by atoms with E-state index >= 15 is 0 Å². The van der Waals surface area contributed by atoms with Crippen LogP contribution in [0.25, 0.3) is 0 Å². The van der Waals surface area contributed by atoms with Crippen molar-refractivity contribution in [3.8, 4) is 0 Å². The molecule has 0 unspecified atom stereocenters. The summed E-state index contributed by atoms with van der Waals surface area (Å²) < 4.78 is 10.7. The molecule has 1 aromatic carbocycles. The second kappa shape index (κ2) is 4.87. The summed E-state index contributed by atoms with van der Waals surface area (Å²) in [6, 6.07) is 10.7. The zero-order valence-electron chi connectivity index (χ0n) is 10.8. The van der Waals surface area contributed by atoms with Crippen LogP contribution in [0.1, 0.15) is 18.6 Å². The van der Waals surface area contributed by atoms with Crippen LogP contribution in [0, 0.1) is 0 Å². The summed E-state index contributed by atoms with van der Waals surface area (Å²) in [6.45, 7) is -0.0143. The van der Waals surface area contributed by atoms with Crippen LogP contribution in [-0.2, 0) is 4.52 Å². The molecule has 1 aliphatic heterocycles. The Kier molecular flexibility index (Phi) is 3.81. The molecule has 17 heavy (non-hydrogen) atoms. The van der Waals surface area contributed by atoms with Gasteiger partial charge in [0.25, 0.3) is 0 Å². The van der Waals surface area contributed by atoms with Gasteiger partial charge in [0, 0.05) is 0 Å². The van der Waals surface area contributed by atoms with Crippen LogP contribution in [0.15, 0.2) is 30.3 Å². The third kappa shape index (κ3) is 2.25. The van der Waals surface area contributed by atoms with E-state index in [9.17, 15) is 0 Å². The first-order valence-corrected chi connectivity index (χ1v) is 8.91. The Bertz CT molecular complexity index is 389. The van der Waals surface area contributed by atoms with Crippen LogP contribution >= 0.6 is 19.2 Å². The molecule has 0 aromatic heterocycles. The fraction of sp³-hybridized carbons (Fsp3) is 0.500. The van der Waals surface area contributed by atoms with E-state index in [1.54, 1.807) is 0 Å². The summed E-state index contributed by atoms with van der Waals surface area (Å²) in [7, 11) is 6.18. The van der Waals surface area contributed by atoms with Gasteiger partial charge in [-0.05, 0) is 0 Å². The van der Waals surface area contributed by atoms with E-state index in [2.05, 4.69) is 47.6 Å². The molecular weight excluding hydrogens is 251 g/mol. The van der Waals surface area contributed by atoms with Crippen molar-refractivity contribution in [1.29, 1.82) is 0 Å². The Morgan fingerprint density at radius 3 is 2.35 bits per heavy atom. The summed E-state index contributed by atoms with van der Waals surface area (Å²) in [5, 5.41) is 0. The van der Waals surface area contributed by atoms with Gasteiger partial charge in [0.15, 0.2) is 0 Å². The van der Waals surface area contributed by atoms with Gasteiger partial charge < -0.3 is 0 Å². The molecule has 0 saturated carbocycles. The summed E-state index contributed by atoms with van der Waals surface area (Å²) >= 11 is 4.81. The standard InChI is InChI=1S/C12H21N2OPS/c1-10-12(11-8-6-5-7-9-11)15-16(17,13(2)3)14(10)4/h5-10,12,16-17H,1-4H3/t10-,12-/m0/s1. The van der Waals surface area contributed by atoms with Crippen molar-refractivity contribution >= 4 is 19.2 Å². The van der Waals surface area contributed by atoms with Crippen molar-refractivity contribution < 1.29 is 4.52 Å². The van der Waals surface area contributed by atoms with Crippen LogP contribution in [0.4, 0.5) is 0 Å². The fourth-order valence-electron chi connectivity index (χ4n) is 2.23. The van der Waals surface area contributed by atoms with Gasteiger partial charge in [0.1, 0.15) is 0 Å². The van der Waals surface area contributed by atoms with Gasteiger partial charge >= 0.3 is 109 Å². The van der Waals surface area contributed by atoms with Crippen LogP contribution in [-0.4, -0.2) is 36.5 Å². The Morgan fingerprint density at radius 1 is 1.29 bits per heavy atom. The quantitative estimate of drug-likeness (QED) is 0.658. The topological polar surface area (TPSA) is 15.7 Å². The SMILES string of the molecule is C[C@H]1[C@@H](c2ccccc2)O[PH](S)(N(C)C)N1C. The van der Waals surface area contributed by atoms with Crippen molar-refractivity contribution in [2.24, 2.45) is 0 Å². The number of hydrogen-bond acceptors (Lipinski definition) is 4. The van der Waals surface area contributed by atoms with Crippen molar-refractivity contribution in [2.75, 3.05) is 21.1 Å². The average Bonchev–Trinajstić information content (AvgIpc) is 2.56. The minimum absolute atomic E-state index is 0.118. The molecule has 1 aromatic rings. The second-order valence-electron chi connectivity index (χ2n) is 4.77. The van der Waals surface area contributed by atoms with Gasteiger partial charge in [0.2, 0.25) is 0 Å². The molecule has 0 N–H and O–H groups in total. The molecule has 96 valence electrons. The van der Waals surface area contributed by atoms with Crippen molar-refractivity contribution in [3.05, 3.63) is 35.9 Å². The zero-order chi connectivity index (χ0) is 12.6. The Balaban J connectivity index is 2.29. The Labute approximate surface area is 109 Å². The molecule has 2 atom stereocenters. The molecule has 1 aliphatic rings. The average molecular weight is 272 g/mol. The number of nitrogens with zero attached hydrogens (tertiary/aromatic N) is 2. The molecule has 0 aliphatic carbocycles. The van der Waals surface area contributed by atoms with Crippen molar-refractivity contribution in [1.82, 2.24) is 9.34 Å². The first-order chi connectivity index (χ1) is 7.97. The molecule has 1 saturated heterocycles. The van der Waals surface area contributed by atoms with Gasteiger partial charge in [-0.3, -0.25) is 0 Å². The van der Waals surface area contributed by atoms with E-state index in [1.165, 1.54) is 5.56 Å². The van der Waals surface area contributed by atoms with Crippen molar-refractivity contribution in [3.63, 3.8) is 0 Å². The van der Waals surface area contributed by atoms with E-state index in [0.717, 1.165) is 0 Å². The van der Waals surface area contributed by atoms with Crippen molar-refractivity contribution in [2.45, 2.75) is 19.1 Å². The van der Waals surface area contributed by atoms with Crippen LogP contribution in [0.3, 0.4) is 0 Å². The molecular formula is C12H21N2OPS. The summed E-state index contributed by atoms with van der Waals surface area (Å²) in [5.74, 6) is 0. The molecule has 2 rings (SSSR count). The maximum absolute atomic E-state index is 6.28. The first-order valence-electron chi connectivity index (χ1n) is 5.82. The number of thiol groups is 1. The van der Waals surface area contributed by atoms with E-state index in [1.807, 2.05) is 20.2 Å². The molecule has 1 fully saturated rings. The molecule has 5 heteroatoms.